The van der Waals surface area contributed by atoms with Crippen LogP contribution in [0.15, 0.2) is 40.4 Å². The van der Waals surface area contributed by atoms with Crippen LogP contribution in [0.3, 0.4) is 0 Å². The number of carbonyl (C=O) groups is 1. The molecule has 0 aliphatic carbocycles. The van der Waals surface area contributed by atoms with E-state index >= 15 is 0 Å². The molecule has 0 fully saturated rings. The van der Waals surface area contributed by atoms with Crippen molar-refractivity contribution in [2.45, 2.75) is 52.8 Å². The molecule has 10 nitrogen and oxygen atoms in total. The molecular formula is C27H36N6O4. The van der Waals surface area contributed by atoms with Crippen LogP contribution in [0.5, 0.6) is 11.5 Å². The highest BCUT2D eigenvalue weighted by Crippen LogP contribution is 2.43. The Morgan fingerprint density at radius 2 is 1.97 bits per heavy atom. The molecule has 2 aliphatic rings. The van der Waals surface area contributed by atoms with Gasteiger partial charge < -0.3 is 14.6 Å². The van der Waals surface area contributed by atoms with Crippen molar-refractivity contribution in [2.75, 3.05) is 33.4 Å². The fourth-order valence-corrected chi connectivity index (χ4v) is 4.69. The number of pyridine rings is 1. The number of aliphatic hydroxyl groups excluding tert-OH is 1. The van der Waals surface area contributed by atoms with Gasteiger partial charge >= 0.3 is 0 Å². The minimum atomic E-state index is -0.679. The lowest BCUT2D eigenvalue weighted by molar-refractivity contribution is 0.0439. The number of carbonyl (C=O) groups excluding carboxylic acids is 1. The number of hydrogen-bond donors (Lipinski definition) is 2. The highest BCUT2D eigenvalue weighted by atomic mass is 16.5. The third kappa shape index (κ3) is 5.60. The fourth-order valence-electron chi connectivity index (χ4n) is 4.69. The summed E-state index contributed by atoms with van der Waals surface area (Å²) >= 11 is 0. The SMILES string of the molecule is COc1c(OC[C@H](O)CN(C(C)C)C(C)C)ccc2c1N=C(NC(=O)c1cccnc1C)N1CCN=C21. The highest BCUT2D eigenvalue weighted by molar-refractivity contribution is 6.20. The van der Waals surface area contributed by atoms with Crippen LogP contribution in [-0.4, -0.2) is 89.1 Å². The average Bonchev–Trinajstić information content (AvgIpc) is 3.36. The predicted octanol–water partition coefficient (Wildman–Crippen LogP) is 2.75. The zero-order valence-corrected chi connectivity index (χ0v) is 22.4. The lowest BCUT2D eigenvalue weighted by Gasteiger charge is -2.32. The predicted molar refractivity (Wildman–Crippen MR) is 143 cm³/mol. The van der Waals surface area contributed by atoms with Crippen LogP contribution >= 0.6 is 0 Å². The number of amidine groups is 1. The van der Waals surface area contributed by atoms with Crippen molar-refractivity contribution in [2.24, 2.45) is 9.98 Å². The van der Waals surface area contributed by atoms with Crippen molar-refractivity contribution >= 4 is 23.4 Å². The van der Waals surface area contributed by atoms with Gasteiger partial charge in [0.25, 0.3) is 5.91 Å². The van der Waals surface area contributed by atoms with Crippen LogP contribution in [0.2, 0.25) is 0 Å². The minimum absolute atomic E-state index is 0.103. The lowest BCUT2D eigenvalue weighted by Crippen LogP contribution is -2.47. The quantitative estimate of drug-likeness (QED) is 0.536. The Bertz CT molecular complexity index is 1200. The van der Waals surface area contributed by atoms with Crippen molar-refractivity contribution < 1.29 is 19.4 Å². The maximum absolute atomic E-state index is 13.0. The van der Waals surface area contributed by atoms with E-state index in [0.717, 1.165) is 11.4 Å². The van der Waals surface area contributed by atoms with Gasteiger partial charge in [-0.3, -0.25) is 29.9 Å². The minimum Gasteiger partial charge on any atom is -0.491 e. The van der Waals surface area contributed by atoms with Crippen molar-refractivity contribution in [1.82, 2.24) is 20.1 Å². The molecule has 0 bridgehead atoms. The molecule has 0 saturated carbocycles. The van der Waals surface area contributed by atoms with Crippen LogP contribution in [0, 0.1) is 6.92 Å². The molecule has 37 heavy (non-hydrogen) atoms. The second-order valence-electron chi connectivity index (χ2n) is 9.73. The second-order valence-corrected chi connectivity index (χ2v) is 9.73. The van der Waals surface area contributed by atoms with E-state index in [-0.39, 0.29) is 12.5 Å². The van der Waals surface area contributed by atoms with Gasteiger partial charge in [-0.05, 0) is 58.9 Å². The maximum atomic E-state index is 13.0. The Kier molecular flexibility index (Phi) is 8.09. The Hall–Kier alpha value is -3.50. The molecule has 0 radical (unpaired) electrons. The fraction of sp³-hybridized carbons (Fsp3) is 0.481. The number of aliphatic hydroxyl groups is 1. The molecule has 4 rings (SSSR count). The Morgan fingerprint density at radius 1 is 1.22 bits per heavy atom. The van der Waals surface area contributed by atoms with Crippen molar-refractivity contribution in [3.8, 4) is 11.5 Å². The van der Waals surface area contributed by atoms with Gasteiger partial charge in [-0.2, -0.15) is 0 Å². The van der Waals surface area contributed by atoms with Crippen LogP contribution in [0.4, 0.5) is 5.69 Å². The molecule has 1 aromatic heterocycles. The number of methoxy groups -OCH3 is 1. The largest absolute Gasteiger partial charge is 0.491 e. The zero-order chi connectivity index (χ0) is 26.7. The van der Waals surface area contributed by atoms with Gasteiger partial charge in [-0.1, -0.05) is 0 Å². The molecule has 1 amide bonds. The normalized spacial score (nSPS) is 15.4. The lowest BCUT2D eigenvalue weighted by atomic mass is 10.1. The highest BCUT2D eigenvalue weighted by Gasteiger charge is 2.33. The first-order valence-corrected chi connectivity index (χ1v) is 12.6. The molecule has 198 valence electrons. The second kappa shape index (κ2) is 11.3. The monoisotopic (exact) mass is 508 g/mol. The molecule has 0 saturated heterocycles. The van der Waals surface area contributed by atoms with Crippen molar-refractivity contribution in [3.05, 3.63) is 47.3 Å². The molecule has 10 heteroatoms. The standard InChI is InChI=1S/C27H36N6O4/c1-16(2)33(17(3)4)14-19(34)15-37-22-10-9-21-23(24(22)36-6)30-27(32-13-12-29-25(21)32)31-26(35)20-8-7-11-28-18(20)5/h7-11,16-17,19,34H,12-15H2,1-6H3,(H,30,31,35)/t19-/m1/s1. The van der Waals surface area contributed by atoms with E-state index < -0.39 is 6.10 Å². The van der Waals surface area contributed by atoms with Crippen LogP contribution in [0.25, 0.3) is 0 Å². The third-order valence-corrected chi connectivity index (χ3v) is 6.51. The van der Waals surface area contributed by atoms with Gasteiger partial charge in [0.2, 0.25) is 5.96 Å². The van der Waals surface area contributed by atoms with Gasteiger partial charge in [-0.25, -0.2) is 4.99 Å². The summed E-state index contributed by atoms with van der Waals surface area (Å²) in [5, 5.41) is 13.6. The van der Waals surface area contributed by atoms with Gasteiger partial charge in [0, 0.05) is 42.6 Å². The maximum Gasteiger partial charge on any atom is 0.259 e. The van der Waals surface area contributed by atoms with Crippen LogP contribution < -0.4 is 14.8 Å². The topological polar surface area (TPSA) is 112 Å². The number of aromatic nitrogens is 1. The van der Waals surface area contributed by atoms with Gasteiger partial charge in [0.05, 0.1) is 19.2 Å². The number of aryl methyl sites for hydroxylation is 1. The van der Waals surface area contributed by atoms with E-state index in [9.17, 15) is 9.90 Å². The first-order chi connectivity index (χ1) is 17.7. The third-order valence-electron chi connectivity index (χ3n) is 6.51. The first-order valence-electron chi connectivity index (χ1n) is 12.6. The molecule has 1 atom stereocenters. The van der Waals surface area contributed by atoms with E-state index in [1.807, 2.05) is 17.0 Å². The van der Waals surface area contributed by atoms with Gasteiger partial charge in [-0.15, -0.1) is 0 Å². The average molecular weight is 509 g/mol. The number of guanidine groups is 1. The Morgan fingerprint density at radius 3 is 2.65 bits per heavy atom. The zero-order valence-electron chi connectivity index (χ0n) is 22.4. The van der Waals surface area contributed by atoms with E-state index in [2.05, 4.69) is 47.9 Å². The van der Waals surface area contributed by atoms with Gasteiger partial charge in [0.1, 0.15) is 24.2 Å². The number of rotatable bonds is 9. The molecule has 1 aromatic carbocycles. The van der Waals surface area contributed by atoms with Crippen molar-refractivity contribution in [3.63, 3.8) is 0 Å². The van der Waals surface area contributed by atoms with Crippen molar-refractivity contribution in [1.29, 1.82) is 0 Å². The summed E-state index contributed by atoms with van der Waals surface area (Å²) in [7, 11) is 1.55. The summed E-state index contributed by atoms with van der Waals surface area (Å²) in [6.07, 6.45) is 0.972. The number of aliphatic imine (C=N–C) groups is 2. The number of fused-ring (bicyclic) bond motifs is 3. The molecule has 0 spiro atoms. The van der Waals surface area contributed by atoms with Gasteiger partial charge in [0.15, 0.2) is 11.5 Å². The number of nitrogens with one attached hydrogen (secondary N) is 1. The number of amides is 1. The van der Waals surface area contributed by atoms with E-state index in [4.69, 9.17) is 14.5 Å². The Labute approximate surface area is 218 Å². The first kappa shape index (κ1) is 26.6. The smallest absolute Gasteiger partial charge is 0.259 e. The van der Waals surface area contributed by atoms with E-state index in [1.165, 1.54) is 0 Å². The molecule has 2 N–H and O–H groups in total. The number of benzene rings is 1. The molecular weight excluding hydrogens is 472 g/mol. The molecule has 2 aliphatic heterocycles. The summed E-state index contributed by atoms with van der Waals surface area (Å²) in [6.45, 7) is 12.0. The number of nitrogens with zero attached hydrogens (tertiary/aromatic N) is 5. The summed E-state index contributed by atoms with van der Waals surface area (Å²) in [5.41, 5.74) is 2.43. The number of hydrogen-bond acceptors (Lipinski definition) is 9. The molecule has 2 aromatic rings. The summed E-state index contributed by atoms with van der Waals surface area (Å²) in [4.78, 5) is 30.8. The van der Waals surface area contributed by atoms with Crippen LogP contribution in [0.1, 0.15) is 49.3 Å². The molecule has 3 heterocycles. The summed E-state index contributed by atoms with van der Waals surface area (Å²) in [5.74, 6) is 1.68. The van der Waals surface area contributed by atoms with E-state index in [1.54, 1.807) is 32.4 Å². The Balaban J connectivity index is 1.59. The number of ether oxygens (including phenoxy) is 2. The van der Waals surface area contributed by atoms with E-state index in [0.29, 0.717) is 66.1 Å². The van der Waals surface area contributed by atoms with Crippen LogP contribution in [-0.2, 0) is 0 Å². The summed E-state index contributed by atoms with van der Waals surface area (Å²) in [6, 6.07) is 7.77. The molecule has 0 unspecified atom stereocenters. The summed E-state index contributed by atoms with van der Waals surface area (Å²) < 4.78 is 11.7.